The monoisotopic (exact) mass is 498 g/mol. The van der Waals surface area contributed by atoms with Crippen LogP contribution in [0.15, 0.2) is 30.3 Å². The molecule has 0 saturated carbocycles. The number of carbonyl (C=O) groups is 1. The highest BCUT2D eigenvalue weighted by Gasteiger charge is 2.45. The molecule has 0 bridgehead atoms. The summed E-state index contributed by atoms with van der Waals surface area (Å²) >= 11 is 0. The number of carbonyl (C=O) groups excluding carboxylic acids is 1. The van der Waals surface area contributed by atoms with Gasteiger partial charge in [0.05, 0.1) is 29.4 Å². The van der Waals surface area contributed by atoms with E-state index >= 15 is 0 Å². The fourth-order valence-electron chi connectivity index (χ4n) is 3.49. The standard InChI is InChI=1S/C23H35N2O4PS2/c1-17(2)25(18(3)4)30(27-15-10-14-24)29-21-20(13-16-31-32-23(21,5)6)28-22(26)19-11-8-7-9-12-19/h7-9,11-12,17-18,20-21H,10,13,15-16H2,1-6H3/t20-,21+,30?/m0/s1. The quantitative estimate of drug-likeness (QED) is 0.158. The molecule has 1 unspecified atom stereocenters. The lowest BCUT2D eigenvalue weighted by atomic mass is 9.99. The van der Waals surface area contributed by atoms with Gasteiger partial charge in [0.2, 0.25) is 0 Å². The van der Waals surface area contributed by atoms with Gasteiger partial charge in [-0.25, -0.2) is 9.46 Å². The maximum Gasteiger partial charge on any atom is 0.338 e. The number of hydrogen-bond acceptors (Lipinski definition) is 8. The Kier molecular flexibility index (Phi) is 11.3. The van der Waals surface area contributed by atoms with Crippen molar-refractivity contribution in [3.63, 3.8) is 0 Å². The van der Waals surface area contributed by atoms with Gasteiger partial charge >= 0.3 is 5.97 Å². The number of esters is 1. The molecule has 0 N–H and O–H groups in total. The molecule has 0 radical (unpaired) electrons. The number of hydrogen-bond donors (Lipinski definition) is 0. The smallest absolute Gasteiger partial charge is 0.338 e. The lowest BCUT2D eigenvalue weighted by molar-refractivity contribution is -0.0238. The molecule has 1 aromatic rings. The van der Waals surface area contributed by atoms with E-state index in [1.54, 1.807) is 33.7 Å². The van der Waals surface area contributed by atoms with Crippen molar-refractivity contribution in [2.75, 3.05) is 12.4 Å². The number of nitriles is 1. The second-order valence-electron chi connectivity index (χ2n) is 8.68. The summed E-state index contributed by atoms with van der Waals surface area (Å²) in [7, 11) is 2.09. The van der Waals surface area contributed by atoms with Gasteiger partial charge in [-0.3, -0.25) is 0 Å². The molecule has 1 fully saturated rings. The molecule has 0 aromatic heterocycles. The average molecular weight is 499 g/mol. The Morgan fingerprint density at radius 2 is 1.91 bits per heavy atom. The third-order valence-corrected chi connectivity index (χ3v) is 10.4. The Morgan fingerprint density at radius 3 is 2.50 bits per heavy atom. The van der Waals surface area contributed by atoms with E-state index in [1.807, 2.05) is 18.2 Å². The van der Waals surface area contributed by atoms with Crippen molar-refractivity contribution in [1.29, 1.82) is 5.26 Å². The lowest BCUT2D eigenvalue weighted by Crippen LogP contribution is -2.46. The summed E-state index contributed by atoms with van der Waals surface area (Å²) in [6.07, 6.45) is 0.251. The van der Waals surface area contributed by atoms with Crippen LogP contribution in [0.3, 0.4) is 0 Å². The van der Waals surface area contributed by atoms with Gasteiger partial charge in [-0.1, -0.05) is 39.8 Å². The van der Waals surface area contributed by atoms with Gasteiger partial charge in [-0.15, -0.1) is 0 Å². The summed E-state index contributed by atoms with van der Waals surface area (Å²) in [5, 5.41) is 8.99. The van der Waals surface area contributed by atoms with Gasteiger partial charge in [0.25, 0.3) is 8.53 Å². The highest BCUT2D eigenvalue weighted by Crippen LogP contribution is 2.53. The van der Waals surface area contributed by atoms with Crippen LogP contribution in [0.5, 0.6) is 0 Å². The third-order valence-electron chi connectivity index (χ3n) is 4.92. The number of nitrogens with zero attached hydrogens (tertiary/aromatic N) is 2. The fourth-order valence-corrected chi connectivity index (χ4v) is 8.21. The van der Waals surface area contributed by atoms with Crippen molar-refractivity contribution < 1.29 is 18.6 Å². The van der Waals surface area contributed by atoms with E-state index in [0.717, 1.165) is 5.75 Å². The van der Waals surface area contributed by atoms with Crippen LogP contribution in [0.1, 0.15) is 64.7 Å². The van der Waals surface area contributed by atoms with E-state index in [-0.39, 0.29) is 28.9 Å². The molecular formula is C23H35N2O4PS2. The summed E-state index contributed by atoms with van der Waals surface area (Å²) in [6.45, 7) is 13.0. The van der Waals surface area contributed by atoms with Gasteiger partial charge in [-0.2, -0.15) is 5.26 Å². The van der Waals surface area contributed by atoms with E-state index < -0.39 is 14.6 Å². The highest BCUT2D eigenvalue weighted by molar-refractivity contribution is 8.77. The maximum atomic E-state index is 12.9. The predicted molar refractivity (Wildman–Crippen MR) is 134 cm³/mol. The van der Waals surface area contributed by atoms with E-state index in [1.165, 1.54) is 0 Å². The molecule has 1 aliphatic rings. The third kappa shape index (κ3) is 7.90. The van der Waals surface area contributed by atoms with E-state index in [0.29, 0.717) is 25.0 Å². The van der Waals surface area contributed by atoms with Crippen LogP contribution < -0.4 is 0 Å². The zero-order chi connectivity index (χ0) is 23.7. The van der Waals surface area contributed by atoms with E-state index in [2.05, 4.69) is 52.3 Å². The van der Waals surface area contributed by atoms with Gasteiger partial charge in [0, 0.05) is 17.8 Å². The summed E-state index contributed by atoms with van der Waals surface area (Å²) in [5.74, 6) is 0.530. The van der Waals surface area contributed by atoms with Crippen LogP contribution in [0.2, 0.25) is 0 Å². The van der Waals surface area contributed by atoms with Crippen molar-refractivity contribution in [3.8, 4) is 6.07 Å². The minimum atomic E-state index is -1.45. The van der Waals surface area contributed by atoms with Crippen molar-refractivity contribution >= 4 is 36.1 Å². The van der Waals surface area contributed by atoms with Crippen LogP contribution in [0.4, 0.5) is 0 Å². The van der Waals surface area contributed by atoms with Gasteiger partial charge in [0.1, 0.15) is 12.2 Å². The van der Waals surface area contributed by atoms with Crippen LogP contribution in [-0.2, 0) is 13.8 Å². The minimum absolute atomic E-state index is 0.199. The SMILES string of the molecule is CC(C)N(C(C)C)P(OCCC#N)O[C@@H]1[C@@H](OC(=O)c2ccccc2)CCSSC1(C)C. The topological polar surface area (TPSA) is 71.8 Å². The maximum absolute atomic E-state index is 12.9. The van der Waals surface area contributed by atoms with Crippen LogP contribution in [0.25, 0.3) is 0 Å². The Bertz CT molecular complexity index is 750. The van der Waals surface area contributed by atoms with Gasteiger partial charge in [0.15, 0.2) is 0 Å². The normalized spacial score (nSPS) is 21.9. The molecule has 1 aromatic carbocycles. The molecule has 32 heavy (non-hydrogen) atoms. The van der Waals surface area contributed by atoms with Gasteiger partial charge in [-0.05, 0) is 60.1 Å². The number of ether oxygens (including phenoxy) is 1. The first kappa shape index (κ1) is 27.4. The molecule has 2 rings (SSSR count). The van der Waals surface area contributed by atoms with Crippen molar-refractivity contribution in [1.82, 2.24) is 4.67 Å². The molecule has 0 aliphatic carbocycles. The zero-order valence-electron chi connectivity index (χ0n) is 19.8. The summed E-state index contributed by atoms with van der Waals surface area (Å²) in [6, 6.07) is 11.6. The minimum Gasteiger partial charge on any atom is -0.456 e. The Hall–Kier alpha value is -0.810. The highest BCUT2D eigenvalue weighted by atomic mass is 33.1. The number of benzene rings is 1. The fraction of sp³-hybridized carbons (Fsp3) is 0.652. The molecule has 1 heterocycles. The Labute approximate surface area is 202 Å². The molecule has 1 saturated heterocycles. The Balaban J connectivity index is 2.31. The first-order valence-electron chi connectivity index (χ1n) is 11.0. The lowest BCUT2D eigenvalue weighted by Gasteiger charge is -2.42. The predicted octanol–water partition coefficient (Wildman–Crippen LogP) is 6.44. The molecule has 178 valence electrons. The second kappa shape index (κ2) is 13.2. The Morgan fingerprint density at radius 1 is 1.25 bits per heavy atom. The van der Waals surface area contributed by atoms with Crippen molar-refractivity contribution in [2.45, 2.75) is 83.4 Å². The zero-order valence-corrected chi connectivity index (χ0v) is 22.3. The second-order valence-corrected chi connectivity index (χ2v) is 13.2. The number of rotatable bonds is 10. The van der Waals surface area contributed by atoms with E-state index in [9.17, 15) is 4.79 Å². The molecule has 3 atom stereocenters. The summed E-state index contributed by atoms with van der Waals surface area (Å²) in [4.78, 5) is 12.9. The average Bonchev–Trinajstić information content (AvgIpc) is 2.86. The van der Waals surface area contributed by atoms with Crippen LogP contribution >= 0.6 is 30.1 Å². The van der Waals surface area contributed by atoms with Crippen molar-refractivity contribution in [2.24, 2.45) is 0 Å². The molecule has 9 heteroatoms. The van der Waals surface area contributed by atoms with Gasteiger partial charge < -0.3 is 13.8 Å². The van der Waals surface area contributed by atoms with Crippen molar-refractivity contribution in [3.05, 3.63) is 35.9 Å². The van der Waals surface area contributed by atoms with E-state index in [4.69, 9.17) is 19.0 Å². The summed E-state index contributed by atoms with van der Waals surface area (Å²) < 4.78 is 20.8. The first-order valence-corrected chi connectivity index (χ1v) is 14.4. The summed E-state index contributed by atoms with van der Waals surface area (Å²) in [5.41, 5.74) is 0.534. The first-order chi connectivity index (χ1) is 15.2. The van der Waals surface area contributed by atoms with Crippen LogP contribution in [-0.4, -0.2) is 52.0 Å². The molecule has 0 spiro atoms. The molecule has 0 amide bonds. The molecule has 1 aliphatic heterocycles. The molecule has 6 nitrogen and oxygen atoms in total. The van der Waals surface area contributed by atoms with Crippen LogP contribution in [0, 0.1) is 11.3 Å². The largest absolute Gasteiger partial charge is 0.456 e. The molecular weight excluding hydrogens is 463 g/mol.